The van der Waals surface area contributed by atoms with E-state index in [2.05, 4.69) is 5.09 Å². The van der Waals surface area contributed by atoms with Crippen molar-refractivity contribution >= 4 is 24.5 Å². The lowest BCUT2D eigenvalue weighted by molar-refractivity contribution is -0.173. The Morgan fingerprint density at radius 2 is 1.83 bits per heavy atom. The van der Waals surface area contributed by atoms with Gasteiger partial charge in [0.15, 0.2) is 0 Å². The maximum atomic E-state index is 14.5. The number of esters is 1. The fourth-order valence-corrected chi connectivity index (χ4v) is 4.79. The Balaban J connectivity index is 0.000000518. The van der Waals surface area contributed by atoms with Gasteiger partial charge in [0.05, 0.1) is 6.10 Å². The molecule has 0 aliphatic heterocycles. The number of ether oxygens (including phenoxy) is 1. The molecule has 2 unspecified atom stereocenters. The van der Waals surface area contributed by atoms with Gasteiger partial charge in [-0.05, 0) is 39.1 Å². The van der Waals surface area contributed by atoms with Crippen molar-refractivity contribution in [2.75, 3.05) is 6.61 Å². The summed E-state index contributed by atoms with van der Waals surface area (Å²) in [7, 11) is -4.44. The van der Waals surface area contributed by atoms with E-state index < -0.39 is 62.4 Å². The maximum absolute atomic E-state index is 14.5. The van der Waals surface area contributed by atoms with E-state index in [9.17, 15) is 33.6 Å². The number of hydrogen-bond acceptors (Lipinski definition) is 10. The molecule has 0 amide bonds. The van der Waals surface area contributed by atoms with Crippen molar-refractivity contribution in [3.63, 3.8) is 0 Å². The molecule has 1 aromatic heterocycles. The first kappa shape index (κ1) is 34.6. The predicted octanol–water partition coefficient (Wildman–Crippen LogP) is 2.35. The van der Waals surface area contributed by atoms with Crippen LogP contribution in [0.2, 0.25) is 0 Å². The Labute approximate surface area is 240 Å². The number of nitrogens with zero attached hydrogens (tertiary/aromatic N) is 1. The second-order valence-corrected chi connectivity index (χ2v) is 10.9. The van der Waals surface area contributed by atoms with Crippen LogP contribution in [0.4, 0.5) is 4.39 Å². The van der Waals surface area contributed by atoms with Crippen molar-refractivity contribution in [1.29, 1.82) is 0 Å². The van der Waals surface area contributed by atoms with Gasteiger partial charge in [0.1, 0.15) is 31.2 Å². The Hall–Kier alpha value is -3.65. The molecule has 3 aromatic rings. The number of carbonyl (C=O) groups is 1. The van der Waals surface area contributed by atoms with Gasteiger partial charge >= 0.3 is 19.4 Å². The molecule has 1 heterocycles. The molecule has 0 fully saturated rings. The van der Waals surface area contributed by atoms with Gasteiger partial charge in [-0.2, -0.15) is 5.09 Å². The molecule has 0 spiro atoms. The normalized spacial score (nSPS) is 15.7. The molecule has 15 heteroatoms. The molecule has 230 valence electrons. The molecular formula is C27H35FN3O10P. The van der Waals surface area contributed by atoms with Crippen LogP contribution in [0.3, 0.4) is 0 Å². The summed E-state index contributed by atoms with van der Waals surface area (Å²) in [6.45, 7) is 4.59. The summed E-state index contributed by atoms with van der Waals surface area (Å²) in [6.07, 6.45) is 1.22. The van der Waals surface area contributed by atoms with Gasteiger partial charge in [-0.25, -0.2) is 13.8 Å². The second-order valence-electron chi connectivity index (χ2n) is 9.19. The van der Waals surface area contributed by atoms with Crippen LogP contribution in [0, 0.1) is 0 Å². The number of aromatic amines is 1. The summed E-state index contributed by atoms with van der Waals surface area (Å²) < 4.78 is 44.8. The third-order valence-electron chi connectivity index (χ3n) is 5.34. The van der Waals surface area contributed by atoms with Crippen molar-refractivity contribution in [3.05, 3.63) is 87.7 Å². The molecule has 0 radical (unpaired) electrons. The molecule has 5 N–H and O–H groups in total. The molecule has 2 aromatic carbocycles. The summed E-state index contributed by atoms with van der Waals surface area (Å²) >= 11 is 0. The van der Waals surface area contributed by atoms with E-state index in [1.807, 2.05) is 23.2 Å². The van der Waals surface area contributed by atoms with Gasteiger partial charge < -0.3 is 24.6 Å². The first-order valence-electron chi connectivity index (χ1n) is 12.7. The molecule has 0 saturated heterocycles. The van der Waals surface area contributed by atoms with E-state index in [0.29, 0.717) is 5.39 Å². The Kier molecular flexibility index (Phi) is 12.8. The lowest BCUT2D eigenvalue weighted by Crippen LogP contribution is -2.42. The van der Waals surface area contributed by atoms with Crippen LogP contribution in [-0.2, 0) is 25.4 Å². The number of allylic oxidation sites excluding steroid dienone is 1. The Bertz CT molecular complexity index is 1520. The average Bonchev–Trinajstić information content (AvgIpc) is 2.92. The highest BCUT2D eigenvalue weighted by Gasteiger charge is 2.40. The molecule has 3 rings (SSSR count). The molecule has 42 heavy (non-hydrogen) atoms. The molecule has 0 aliphatic carbocycles. The van der Waals surface area contributed by atoms with E-state index in [-0.39, 0.29) is 5.75 Å². The minimum atomic E-state index is -4.44. The first-order valence-corrected chi connectivity index (χ1v) is 14.3. The van der Waals surface area contributed by atoms with Gasteiger partial charge in [0.2, 0.25) is 0 Å². The van der Waals surface area contributed by atoms with Gasteiger partial charge in [-0.3, -0.25) is 23.7 Å². The number of alkyl halides is 1. The number of nitrogens with one attached hydrogen (secondary N) is 2. The van der Waals surface area contributed by atoms with Crippen molar-refractivity contribution < 1.29 is 42.9 Å². The highest BCUT2D eigenvalue weighted by atomic mass is 31.2. The summed E-state index contributed by atoms with van der Waals surface area (Å²) in [6, 6.07) is 12.2. The second kappa shape index (κ2) is 15.5. The van der Waals surface area contributed by atoms with E-state index >= 15 is 0 Å². The topological polar surface area (TPSA) is 189 Å². The van der Waals surface area contributed by atoms with Crippen molar-refractivity contribution in [3.8, 4) is 5.75 Å². The smallest absolute Gasteiger partial charge is 0.459 e. The fraction of sp³-hybridized carbons (Fsp3) is 0.370. The molecule has 4 atom stereocenters. The van der Waals surface area contributed by atoms with Crippen molar-refractivity contribution in [2.45, 2.75) is 58.5 Å². The number of rotatable bonds is 12. The summed E-state index contributed by atoms with van der Waals surface area (Å²) in [5, 5.41) is 31.9. The van der Waals surface area contributed by atoms with Crippen LogP contribution in [-0.4, -0.2) is 61.6 Å². The third-order valence-corrected chi connectivity index (χ3v) is 6.95. The van der Waals surface area contributed by atoms with Gasteiger partial charge in [0, 0.05) is 17.6 Å². The summed E-state index contributed by atoms with van der Waals surface area (Å²) in [5.41, 5.74) is -1.07. The predicted molar refractivity (Wildman–Crippen MR) is 152 cm³/mol. The van der Waals surface area contributed by atoms with Crippen LogP contribution in [0.25, 0.3) is 10.8 Å². The highest BCUT2D eigenvalue weighted by Crippen LogP contribution is 2.47. The average molecular weight is 612 g/mol. The van der Waals surface area contributed by atoms with Crippen LogP contribution >= 0.6 is 7.75 Å². The number of aliphatic hydroxyl groups excluding tert-OH is 2. The van der Waals surface area contributed by atoms with E-state index in [1.54, 1.807) is 32.0 Å². The zero-order valence-electron chi connectivity index (χ0n) is 23.5. The minimum absolute atomic E-state index is 0.153. The fourth-order valence-electron chi connectivity index (χ4n) is 3.27. The van der Waals surface area contributed by atoms with Crippen molar-refractivity contribution in [2.24, 2.45) is 0 Å². The monoisotopic (exact) mass is 611 g/mol. The number of hydrogen-bond donors (Lipinski definition) is 5. The van der Waals surface area contributed by atoms with Gasteiger partial charge in [-0.15, -0.1) is 0 Å². The summed E-state index contributed by atoms with van der Waals surface area (Å²) in [4.78, 5) is 35.2. The SMILES string of the molecule is CC=C[C@H](O)[C@@](O)(F)COP(=O)(NC(C)C(=O)OC(C)C)Oc1cccc2ccccc12.O=c1ccn(CO)c(=O)[nH]1. The van der Waals surface area contributed by atoms with E-state index in [4.69, 9.17) is 18.9 Å². The molecule has 0 saturated carbocycles. The lowest BCUT2D eigenvalue weighted by atomic mass is 10.1. The molecule has 0 bridgehead atoms. The number of H-pyrrole nitrogens is 1. The Morgan fingerprint density at radius 3 is 2.45 bits per heavy atom. The number of fused-ring (bicyclic) bond motifs is 1. The molecular weight excluding hydrogens is 576 g/mol. The molecule has 0 aliphatic rings. The van der Waals surface area contributed by atoms with Crippen LogP contribution < -0.4 is 20.9 Å². The zero-order valence-corrected chi connectivity index (χ0v) is 24.4. The van der Waals surface area contributed by atoms with E-state index in [0.717, 1.165) is 22.1 Å². The highest BCUT2D eigenvalue weighted by molar-refractivity contribution is 7.52. The minimum Gasteiger partial charge on any atom is -0.462 e. The number of benzene rings is 2. The number of aliphatic hydroxyl groups is 3. The van der Waals surface area contributed by atoms with Crippen LogP contribution in [0.1, 0.15) is 27.7 Å². The van der Waals surface area contributed by atoms with Crippen LogP contribution in [0.15, 0.2) is 76.5 Å². The standard InChI is InChI=1S/C22H29FNO7P.C5H6N2O3/c1-5-9-20(25)22(23,27)14-29-32(28,24-16(4)21(26)30-15(2)3)31-19-13-8-11-17-10-6-7-12-18(17)19;8-3-7-2-1-4(9)6-5(7)10/h5-13,15-16,20,25,27H,14H2,1-4H3,(H,24,28);1-2,8H,3H2,(H,6,9,10)/t16?,20-,22+,32?;/m0./s1. The number of carbonyl (C=O) groups excluding carboxylic acids is 1. The maximum Gasteiger partial charge on any atom is 0.459 e. The quantitative estimate of drug-likeness (QED) is 0.115. The zero-order chi connectivity index (χ0) is 31.5. The summed E-state index contributed by atoms with van der Waals surface area (Å²) in [5.74, 6) is -3.83. The number of halogens is 1. The van der Waals surface area contributed by atoms with Crippen LogP contribution in [0.5, 0.6) is 5.75 Å². The Morgan fingerprint density at radius 1 is 1.17 bits per heavy atom. The third kappa shape index (κ3) is 10.3. The lowest BCUT2D eigenvalue weighted by Gasteiger charge is -2.27. The van der Waals surface area contributed by atoms with Crippen molar-refractivity contribution in [1.82, 2.24) is 14.6 Å². The van der Waals surface area contributed by atoms with Gasteiger partial charge in [-0.1, -0.05) is 48.6 Å². The number of aromatic nitrogens is 2. The first-order chi connectivity index (χ1) is 19.7. The van der Waals surface area contributed by atoms with E-state index in [1.165, 1.54) is 32.2 Å². The van der Waals surface area contributed by atoms with Gasteiger partial charge in [0.25, 0.3) is 11.4 Å². The largest absolute Gasteiger partial charge is 0.462 e. The molecule has 13 nitrogen and oxygen atoms in total.